The molecule has 0 fully saturated rings. The third kappa shape index (κ3) is 3.81. The van der Waals surface area contributed by atoms with Gasteiger partial charge in [-0.15, -0.1) is 11.8 Å². The summed E-state index contributed by atoms with van der Waals surface area (Å²) < 4.78 is 5.02. The molecular weight excluding hydrogens is 220 g/mol. The summed E-state index contributed by atoms with van der Waals surface area (Å²) in [5.41, 5.74) is 0.987. The van der Waals surface area contributed by atoms with Crippen LogP contribution in [0, 0.1) is 5.92 Å². The van der Waals surface area contributed by atoms with Crippen molar-refractivity contribution >= 4 is 11.8 Å². The van der Waals surface area contributed by atoms with Gasteiger partial charge in [0.25, 0.3) is 0 Å². The first-order valence-corrected chi connectivity index (χ1v) is 6.72. The Balaban J connectivity index is 2.60. The van der Waals surface area contributed by atoms with Gasteiger partial charge in [0.15, 0.2) is 0 Å². The zero-order valence-corrected chi connectivity index (χ0v) is 11.0. The molecule has 2 unspecified atom stereocenters. The molecule has 2 nitrogen and oxygen atoms in total. The van der Waals surface area contributed by atoms with E-state index in [1.807, 2.05) is 37.4 Å². The van der Waals surface area contributed by atoms with Crippen molar-refractivity contribution in [2.45, 2.75) is 24.3 Å². The predicted molar refractivity (Wildman–Crippen MR) is 68.8 cm³/mol. The van der Waals surface area contributed by atoms with Gasteiger partial charge in [-0.05, 0) is 36.3 Å². The number of thioether (sulfide) groups is 1. The van der Waals surface area contributed by atoms with Crippen molar-refractivity contribution in [1.29, 1.82) is 0 Å². The van der Waals surface area contributed by atoms with Crippen LogP contribution in [-0.4, -0.2) is 25.1 Å². The lowest BCUT2D eigenvalue weighted by molar-refractivity contribution is 0.0886. The number of hydrogen-bond donors (Lipinski definition) is 1. The highest BCUT2D eigenvalue weighted by atomic mass is 32.2. The van der Waals surface area contributed by atoms with E-state index >= 15 is 0 Å². The molecule has 1 aromatic rings. The van der Waals surface area contributed by atoms with Gasteiger partial charge in [-0.25, -0.2) is 0 Å². The lowest BCUT2D eigenvalue weighted by Gasteiger charge is -2.19. The molecule has 16 heavy (non-hydrogen) atoms. The maximum absolute atomic E-state index is 10.1. The van der Waals surface area contributed by atoms with Gasteiger partial charge < -0.3 is 9.84 Å². The first-order chi connectivity index (χ1) is 7.69. The quantitative estimate of drug-likeness (QED) is 0.775. The van der Waals surface area contributed by atoms with Crippen LogP contribution < -0.4 is 0 Å². The number of ether oxygens (including phenoxy) is 1. The van der Waals surface area contributed by atoms with Crippen molar-refractivity contribution in [2.75, 3.05) is 20.0 Å². The van der Waals surface area contributed by atoms with Gasteiger partial charge in [0.2, 0.25) is 0 Å². The molecule has 90 valence electrons. The summed E-state index contributed by atoms with van der Waals surface area (Å²) in [5, 5.41) is 10.1. The molecule has 0 heterocycles. The standard InChI is InChI=1S/C13H20O2S/c1-10(8-9-15-2)13(14)11-4-6-12(16-3)7-5-11/h4-7,10,13-14H,8-9H2,1-3H3. The predicted octanol–water partition coefficient (Wildman–Crippen LogP) is 3.11. The van der Waals surface area contributed by atoms with Crippen LogP contribution in [0.5, 0.6) is 0 Å². The topological polar surface area (TPSA) is 29.5 Å². The molecule has 2 atom stereocenters. The Labute approximate surface area is 102 Å². The lowest BCUT2D eigenvalue weighted by atomic mass is 9.95. The van der Waals surface area contributed by atoms with Gasteiger partial charge in [-0.3, -0.25) is 0 Å². The number of hydrogen-bond acceptors (Lipinski definition) is 3. The molecule has 0 aromatic heterocycles. The van der Waals surface area contributed by atoms with E-state index in [0.29, 0.717) is 6.61 Å². The average molecular weight is 240 g/mol. The van der Waals surface area contributed by atoms with Crippen LogP contribution in [0.4, 0.5) is 0 Å². The largest absolute Gasteiger partial charge is 0.388 e. The lowest BCUT2D eigenvalue weighted by Crippen LogP contribution is -2.11. The van der Waals surface area contributed by atoms with Gasteiger partial charge in [0, 0.05) is 18.6 Å². The molecule has 0 bridgehead atoms. The van der Waals surface area contributed by atoms with Crippen molar-refractivity contribution in [3.8, 4) is 0 Å². The molecule has 0 radical (unpaired) electrons. The maximum Gasteiger partial charge on any atom is 0.0816 e. The van der Waals surface area contributed by atoms with E-state index in [1.54, 1.807) is 18.9 Å². The van der Waals surface area contributed by atoms with Crippen LogP contribution in [-0.2, 0) is 4.74 Å². The molecule has 1 rings (SSSR count). The van der Waals surface area contributed by atoms with Crippen LogP contribution in [0.3, 0.4) is 0 Å². The molecule has 0 aliphatic carbocycles. The van der Waals surface area contributed by atoms with Crippen LogP contribution in [0.2, 0.25) is 0 Å². The molecule has 0 spiro atoms. The second kappa shape index (κ2) is 6.94. The van der Waals surface area contributed by atoms with Gasteiger partial charge in [0.1, 0.15) is 0 Å². The Morgan fingerprint density at radius 3 is 2.44 bits per heavy atom. The Hall–Kier alpha value is -0.510. The Bertz CT molecular complexity index is 297. The molecule has 0 saturated carbocycles. The summed E-state index contributed by atoms with van der Waals surface area (Å²) in [7, 11) is 1.69. The van der Waals surface area contributed by atoms with E-state index in [2.05, 4.69) is 0 Å². The van der Waals surface area contributed by atoms with Gasteiger partial charge in [0.05, 0.1) is 6.10 Å². The molecule has 0 aliphatic heterocycles. The molecular formula is C13H20O2S. The molecule has 3 heteroatoms. The van der Waals surface area contributed by atoms with Crippen LogP contribution in [0.1, 0.15) is 25.0 Å². The Kier molecular flexibility index (Phi) is 5.88. The van der Waals surface area contributed by atoms with Crippen molar-refractivity contribution in [1.82, 2.24) is 0 Å². The molecule has 1 N–H and O–H groups in total. The second-order valence-electron chi connectivity index (χ2n) is 3.98. The van der Waals surface area contributed by atoms with Crippen molar-refractivity contribution in [3.63, 3.8) is 0 Å². The minimum Gasteiger partial charge on any atom is -0.388 e. The Morgan fingerprint density at radius 2 is 1.94 bits per heavy atom. The summed E-state index contributed by atoms with van der Waals surface area (Å²) in [6.07, 6.45) is 2.53. The maximum atomic E-state index is 10.1. The smallest absolute Gasteiger partial charge is 0.0816 e. The third-order valence-electron chi connectivity index (χ3n) is 2.77. The highest BCUT2D eigenvalue weighted by Gasteiger charge is 2.15. The van der Waals surface area contributed by atoms with E-state index in [9.17, 15) is 5.11 Å². The van der Waals surface area contributed by atoms with Gasteiger partial charge in [-0.1, -0.05) is 19.1 Å². The number of methoxy groups -OCH3 is 1. The SMILES string of the molecule is COCCC(C)C(O)c1ccc(SC)cc1. The zero-order chi connectivity index (χ0) is 12.0. The van der Waals surface area contributed by atoms with E-state index < -0.39 is 6.10 Å². The number of benzene rings is 1. The highest BCUT2D eigenvalue weighted by Crippen LogP contribution is 2.26. The fourth-order valence-electron chi connectivity index (χ4n) is 1.59. The minimum absolute atomic E-state index is 0.222. The Morgan fingerprint density at radius 1 is 1.31 bits per heavy atom. The van der Waals surface area contributed by atoms with Crippen LogP contribution in [0.25, 0.3) is 0 Å². The average Bonchev–Trinajstić information content (AvgIpc) is 2.35. The summed E-state index contributed by atoms with van der Waals surface area (Å²) in [6.45, 7) is 2.74. The molecule has 0 aliphatic rings. The van der Waals surface area contributed by atoms with Gasteiger partial charge >= 0.3 is 0 Å². The summed E-state index contributed by atoms with van der Waals surface area (Å²) >= 11 is 1.71. The van der Waals surface area contributed by atoms with E-state index in [0.717, 1.165) is 12.0 Å². The van der Waals surface area contributed by atoms with Crippen molar-refractivity contribution < 1.29 is 9.84 Å². The highest BCUT2D eigenvalue weighted by molar-refractivity contribution is 7.98. The van der Waals surface area contributed by atoms with Crippen LogP contribution in [0.15, 0.2) is 29.2 Å². The summed E-state index contributed by atoms with van der Waals surface area (Å²) in [6, 6.07) is 8.10. The van der Waals surface area contributed by atoms with Crippen molar-refractivity contribution in [3.05, 3.63) is 29.8 Å². The second-order valence-corrected chi connectivity index (χ2v) is 4.86. The van der Waals surface area contributed by atoms with E-state index in [4.69, 9.17) is 4.74 Å². The fourth-order valence-corrected chi connectivity index (χ4v) is 2.00. The third-order valence-corrected chi connectivity index (χ3v) is 3.52. The molecule has 0 saturated heterocycles. The van der Waals surface area contributed by atoms with Gasteiger partial charge in [-0.2, -0.15) is 0 Å². The monoisotopic (exact) mass is 240 g/mol. The number of aliphatic hydroxyl groups is 1. The molecule has 1 aromatic carbocycles. The number of aliphatic hydroxyl groups excluding tert-OH is 1. The zero-order valence-electron chi connectivity index (χ0n) is 10.1. The number of rotatable bonds is 6. The minimum atomic E-state index is -0.397. The van der Waals surface area contributed by atoms with E-state index in [-0.39, 0.29) is 5.92 Å². The first-order valence-electron chi connectivity index (χ1n) is 5.50. The van der Waals surface area contributed by atoms with Crippen molar-refractivity contribution in [2.24, 2.45) is 5.92 Å². The fraction of sp³-hybridized carbons (Fsp3) is 0.538. The molecule has 0 amide bonds. The van der Waals surface area contributed by atoms with E-state index in [1.165, 1.54) is 4.90 Å². The summed E-state index contributed by atoms with van der Waals surface area (Å²) in [5.74, 6) is 0.222. The summed E-state index contributed by atoms with van der Waals surface area (Å²) in [4.78, 5) is 1.22. The van der Waals surface area contributed by atoms with Crippen LogP contribution >= 0.6 is 11.8 Å². The first kappa shape index (κ1) is 13.6. The normalized spacial score (nSPS) is 14.8.